The van der Waals surface area contributed by atoms with E-state index in [1.54, 1.807) is 31.2 Å². The summed E-state index contributed by atoms with van der Waals surface area (Å²) in [7, 11) is 0. The summed E-state index contributed by atoms with van der Waals surface area (Å²) in [5.41, 5.74) is -1.52. The van der Waals surface area contributed by atoms with Crippen molar-refractivity contribution >= 4 is 11.6 Å². The van der Waals surface area contributed by atoms with Crippen LogP contribution in [0.15, 0.2) is 24.3 Å². The highest BCUT2D eigenvalue weighted by Gasteiger charge is 2.50. The number of nitrogens with zero attached hydrogens (tertiary/aromatic N) is 1. The molecule has 1 N–H and O–H groups in total. The molecule has 4 heteroatoms. The van der Waals surface area contributed by atoms with E-state index in [1.807, 2.05) is 0 Å². The van der Waals surface area contributed by atoms with Gasteiger partial charge in [0.15, 0.2) is 0 Å². The van der Waals surface area contributed by atoms with Crippen LogP contribution in [0.4, 0.5) is 0 Å². The molecule has 0 spiro atoms. The minimum Gasteiger partial charge on any atom is -0.384 e. The van der Waals surface area contributed by atoms with Crippen LogP contribution in [0.2, 0.25) is 5.02 Å². The summed E-state index contributed by atoms with van der Waals surface area (Å²) in [6, 6.07) is 9.28. The van der Waals surface area contributed by atoms with Gasteiger partial charge in [0.1, 0.15) is 11.0 Å². The number of hydrogen-bond donors (Lipinski definition) is 1. The first-order valence-electron chi connectivity index (χ1n) is 5.99. The zero-order valence-corrected chi connectivity index (χ0v) is 11.1. The predicted molar refractivity (Wildman–Crippen MR) is 69.1 cm³/mol. The molecule has 2 rings (SSSR count). The van der Waals surface area contributed by atoms with E-state index in [1.165, 1.54) is 0 Å². The highest BCUT2D eigenvalue weighted by Crippen LogP contribution is 2.45. The summed E-state index contributed by atoms with van der Waals surface area (Å²) in [5, 5.41) is 20.9. The Hall–Kier alpha value is -1.08. The summed E-state index contributed by atoms with van der Waals surface area (Å²) >= 11 is 5.95. The Morgan fingerprint density at radius 2 is 2.33 bits per heavy atom. The Kier molecular flexibility index (Phi) is 3.63. The Morgan fingerprint density at radius 1 is 1.56 bits per heavy atom. The van der Waals surface area contributed by atoms with Crippen molar-refractivity contribution in [3.63, 3.8) is 0 Å². The fourth-order valence-corrected chi connectivity index (χ4v) is 2.63. The van der Waals surface area contributed by atoms with Crippen LogP contribution in [0, 0.1) is 16.7 Å². The van der Waals surface area contributed by atoms with Gasteiger partial charge in [0.2, 0.25) is 0 Å². The second-order valence-electron chi connectivity index (χ2n) is 4.93. The minimum absolute atomic E-state index is 0.253. The number of rotatable bonds is 2. The lowest BCUT2D eigenvalue weighted by atomic mass is 9.67. The molecule has 0 aliphatic carbocycles. The molecule has 1 aliphatic heterocycles. The highest BCUT2D eigenvalue weighted by atomic mass is 35.5. The Bertz CT molecular complexity index is 473. The fraction of sp³-hybridized carbons (Fsp3) is 0.500. The zero-order valence-electron chi connectivity index (χ0n) is 10.3. The molecule has 0 bridgehead atoms. The first-order valence-corrected chi connectivity index (χ1v) is 6.37. The molecule has 0 amide bonds. The van der Waals surface area contributed by atoms with Gasteiger partial charge >= 0.3 is 0 Å². The molecule has 0 saturated carbocycles. The molecular weight excluding hydrogens is 250 g/mol. The SMILES string of the molecule is CC(O)(c1cccc(Cl)c1)C1(C#N)CCCOC1. The van der Waals surface area contributed by atoms with Crippen molar-refractivity contribution in [2.45, 2.75) is 25.4 Å². The van der Waals surface area contributed by atoms with Gasteiger partial charge in [-0.25, -0.2) is 0 Å². The summed E-state index contributed by atoms with van der Waals surface area (Å²) in [4.78, 5) is 0. The number of nitriles is 1. The van der Waals surface area contributed by atoms with Crippen molar-refractivity contribution in [2.24, 2.45) is 5.41 Å². The van der Waals surface area contributed by atoms with Crippen LogP contribution in [-0.4, -0.2) is 18.3 Å². The maximum absolute atomic E-state index is 10.8. The van der Waals surface area contributed by atoms with Crippen molar-refractivity contribution in [3.8, 4) is 6.07 Å². The quantitative estimate of drug-likeness (QED) is 0.895. The smallest absolute Gasteiger partial charge is 0.113 e. The molecule has 1 saturated heterocycles. The highest BCUT2D eigenvalue weighted by molar-refractivity contribution is 6.30. The minimum atomic E-state index is -1.27. The summed E-state index contributed by atoms with van der Waals surface area (Å²) in [5.74, 6) is 0. The van der Waals surface area contributed by atoms with Gasteiger partial charge in [0.25, 0.3) is 0 Å². The molecule has 1 aliphatic rings. The van der Waals surface area contributed by atoms with Crippen LogP contribution >= 0.6 is 11.6 Å². The van der Waals surface area contributed by atoms with Gasteiger partial charge in [-0.1, -0.05) is 23.7 Å². The van der Waals surface area contributed by atoms with E-state index in [2.05, 4.69) is 6.07 Å². The second-order valence-corrected chi connectivity index (χ2v) is 5.37. The van der Waals surface area contributed by atoms with Crippen LogP contribution in [0.5, 0.6) is 0 Å². The molecule has 2 atom stereocenters. The maximum atomic E-state index is 10.8. The standard InChI is InChI=1S/C14H16ClNO2/c1-13(17,11-4-2-5-12(15)8-11)14(9-16)6-3-7-18-10-14/h2,4-5,8,17H,3,6-7,10H2,1H3. The number of halogens is 1. The van der Waals surface area contributed by atoms with Gasteiger partial charge in [0.05, 0.1) is 12.7 Å². The fourth-order valence-electron chi connectivity index (χ4n) is 2.44. The van der Waals surface area contributed by atoms with Crippen LogP contribution in [0.25, 0.3) is 0 Å². The molecule has 0 radical (unpaired) electrons. The van der Waals surface area contributed by atoms with Crippen molar-refractivity contribution in [3.05, 3.63) is 34.9 Å². The topological polar surface area (TPSA) is 53.2 Å². The number of ether oxygens (including phenoxy) is 1. The zero-order chi connectivity index (χ0) is 13.2. The first-order chi connectivity index (χ1) is 8.52. The summed E-state index contributed by atoms with van der Waals surface area (Å²) in [6.07, 6.45) is 1.41. The number of benzene rings is 1. The Labute approximate surface area is 112 Å². The molecule has 0 aromatic heterocycles. The molecule has 1 aromatic carbocycles. The largest absolute Gasteiger partial charge is 0.384 e. The normalized spacial score (nSPS) is 27.2. The molecule has 2 unspecified atom stereocenters. The van der Waals surface area contributed by atoms with Crippen molar-refractivity contribution in [2.75, 3.05) is 13.2 Å². The molecule has 1 fully saturated rings. The Balaban J connectivity index is 2.43. The molecule has 1 heterocycles. The average molecular weight is 266 g/mol. The molecule has 3 nitrogen and oxygen atoms in total. The number of hydrogen-bond acceptors (Lipinski definition) is 3. The van der Waals surface area contributed by atoms with Crippen molar-refractivity contribution in [1.29, 1.82) is 5.26 Å². The summed E-state index contributed by atoms with van der Waals surface area (Å²) < 4.78 is 5.40. The average Bonchev–Trinajstić information content (AvgIpc) is 2.39. The molecule has 1 aromatic rings. The van der Waals surface area contributed by atoms with E-state index >= 15 is 0 Å². The molecule has 96 valence electrons. The second kappa shape index (κ2) is 4.89. The van der Waals surface area contributed by atoms with Gasteiger partial charge in [-0.3, -0.25) is 0 Å². The van der Waals surface area contributed by atoms with Gasteiger partial charge in [-0.05, 0) is 37.5 Å². The van der Waals surface area contributed by atoms with E-state index in [0.717, 1.165) is 6.42 Å². The van der Waals surface area contributed by atoms with Gasteiger partial charge in [-0.15, -0.1) is 0 Å². The lowest BCUT2D eigenvalue weighted by Crippen LogP contribution is -2.48. The Morgan fingerprint density at radius 3 is 2.89 bits per heavy atom. The molecular formula is C14H16ClNO2. The van der Waals surface area contributed by atoms with Gasteiger partial charge < -0.3 is 9.84 Å². The van der Waals surface area contributed by atoms with E-state index in [-0.39, 0.29) is 6.61 Å². The third-order valence-corrected chi connectivity index (χ3v) is 4.01. The predicted octanol–water partition coefficient (Wildman–Crippen LogP) is 2.87. The van der Waals surface area contributed by atoms with Crippen LogP contribution in [-0.2, 0) is 10.3 Å². The van der Waals surface area contributed by atoms with E-state index in [4.69, 9.17) is 16.3 Å². The number of aliphatic hydroxyl groups is 1. The van der Waals surface area contributed by atoms with Crippen LogP contribution < -0.4 is 0 Å². The van der Waals surface area contributed by atoms with Crippen molar-refractivity contribution < 1.29 is 9.84 Å². The lowest BCUT2D eigenvalue weighted by Gasteiger charge is -2.42. The van der Waals surface area contributed by atoms with E-state index in [9.17, 15) is 10.4 Å². The van der Waals surface area contributed by atoms with E-state index < -0.39 is 11.0 Å². The first kappa shape index (κ1) is 13.4. The van der Waals surface area contributed by atoms with Crippen LogP contribution in [0.1, 0.15) is 25.3 Å². The van der Waals surface area contributed by atoms with Crippen molar-refractivity contribution in [1.82, 2.24) is 0 Å². The van der Waals surface area contributed by atoms with E-state index in [0.29, 0.717) is 23.6 Å². The van der Waals surface area contributed by atoms with Gasteiger partial charge in [0, 0.05) is 11.6 Å². The third kappa shape index (κ3) is 2.12. The van der Waals surface area contributed by atoms with Gasteiger partial charge in [-0.2, -0.15) is 5.26 Å². The van der Waals surface area contributed by atoms with Crippen LogP contribution in [0.3, 0.4) is 0 Å². The molecule has 18 heavy (non-hydrogen) atoms. The third-order valence-electron chi connectivity index (χ3n) is 3.77. The maximum Gasteiger partial charge on any atom is 0.113 e. The monoisotopic (exact) mass is 265 g/mol. The lowest BCUT2D eigenvalue weighted by molar-refractivity contribution is -0.113. The summed E-state index contributed by atoms with van der Waals surface area (Å²) in [6.45, 7) is 2.56.